The molecular formula is C55H96O6. The van der Waals surface area contributed by atoms with Gasteiger partial charge in [-0.1, -0.05) is 223 Å². The summed E-state index contributed by atoms with van der Waals surface area (Å²) in [6.07, 6.45) is 60.6. The van der Waals surface area contributed by atoms with E-state index in [4.69, 9.17) is 14.2 Å². The van der Waals surface area contributed by atoms with Gasteiger partial charge < -0.3 is 14.2 Å². The lowest BCUT2D eigenvalue weighted by atomic mass is 10.1. The van der Waals surface area contributed by atoms with Crippen LogP contribution in [0.3, 0.4) is 0 Å². The zero-order chi connectivity index (χ0) is 44.4. The molecule has 0 saturated heterocycles. The molecule has 61 heavy (non-hydrogen) atoms. The Morgan fingerprint density at radius 3 is 1.00 bits per heavy atom. The van der Waals surface area contributed by atoms with Gasteiger partial charge in [0.05, 0.1) is 0 Å². The summed E-state index contributed by atoms with van der Waals surface area (Å²) in [5.74, 6) is -0.915. The number of hydrogen-bond donors (Lipinski definition) is 0. The predicted octanol–water partition coefficient (Wildman–Crippen LogP) is 16.9. The van der Waals surface area contributed by atoms with Crippen molar-refractivity contribution in [1.82, 2.24) is 0 Å². The van der Waals surface area contributed by atoms with Crippen molar-refractivity contribution >= 4 is 17.9 Å². The first-order valence-corrected chi connectivity index (χ1v) is 25.8. The fourth-order valence-corrected chi connectivity index (χ4v) is 7.15. The second-order valence-corrected chi connectivity index (χ2v) is 17.2. The van der Waals surface area contributed by atoms with Crippen LogP contribution in [0.15, 0.2) is 60.8 Å². The first kappa shape index (κ1) is 58.1. The Morgan fingerprint density at radius 1 is 0.328 bits per heavy atom. The van der Waals surface area contributed by atoms with Crippen molar-refractivity contribution in [2.75, 3.05) is 13.2 Å². The first-order chi connectivity index (χ1) is 30.0. The number of esters is 3. The normalized spacial score (nSPS) is 12.5. The van der Waals surface area contributed by atoms with Crippen molar-refractivity contribution in [3.63, 3.8) is 0 Å². The molecule has 0 radical (unpaired) electrons. The van der Waals surface area contributed by atoms with Crippen molar-refractivity contribution in [3.8, 4) is 0 Å². The van der Waals surface area contributed by atoms with Gasteiger partial charge in [-0.2, -0.15) is 0 Å². The third-order valence-electron chi connectivity index (χ3n) is 11.1. The second kappa shape index (κ2) is 49.8. The molecule has 0 aromatic carbocycles. The maximum Gasteiger partial charge on any atom is 0.306 e. The van der Waals surface area contributed by atoms with Crippen molar-refractivity contribution in [3.05, 3.63) is 60.8 Å². The molecule has 0 aromatic heterocycles. The van der Waals surface area contributed by atoms with E-state index in [2.05, 4.69) is 81.5 Å². The largest absolute Gasteiger partial charge is 0.462 e. The van der Waals surface area contributed by atoms with Crippen LogP contribution in [0.2, 0.25) is 0 Å². The Morgan fingerprint density at radius 2 is 0.607 bits per heavy atom. The third-order valence-corrected chi connectivity index (χ3v) is 11.1. The Hall–Kier alpha value is -2.89. The third kappa shape index (κ3) is 48.0. The SMILES string of the molecule is CCCCC\C=C/C=C\C=C/C=C\CCCCCCCC(=O)OCC(COC(=O)CCCCCCCCCCC)OC(=O)CCCCCCC/C=C\CCCCCCCCC. The Balaban J connectivity index is 4.39. The zero-order valence-corrected chi connectivity index (χ0v) is 40.2. The van der Waals surface area contributed by atoms with Gasteiger partial charge in [0.25, 0.3) is 0 Å². The van der Waals surface area contributed by atoms with E-state index < -0.39 is 6.10 Å². The maximum atomic E-state index is 12.8. The standard InChI is InChI=1S/C55H96O6/c1-4-7-10-13-16-19-21-23-25-27-28-30-31-33-36-39-42-45-48-54(57)60-51-52(50-59-53(56)47-44-41-38-35-18-15-12-9-6-3)61-55(58)49-46-43-40-37-34-32-29-26-24-22-20-17-14-11-8-5-2/h16,19,21,23,25-30,52H,4-15,17-18,20,22,24,31-51H2,1-3H3/b19-16-,23-21-,27-25-,29-26-,30-28-. The van der Waals surface area contributed by atoms with Crippen LogP contribution in [-0.4, -0.2) is 37.2 Å². The van der Waals surface area contributed by atoms with E-state index in [0.29, 0.717) is 19.3 Å². The number of unbranched alkanes of at least 4 members (excludes halogenated alkanes) is 28. The van der Waals surface area contributed by atoms with Crippen LogP contribution in [0.4, 0.5) is 0 Å². The monoisotopic (exact) mass is 853 g/mol. The summed E-state index contributed by atoms with van der Waals surface area (Å²) in [6, 6.07) is 0. The summed E-state index contributed by atoms with van der Waals surface area (Å²) in [4.78, 5) is 37.9. The highest BCUT2D eigenvalue weighted by atomic mass is 16.6. The molecule has 1 unspecified atom stereocenters. The van der Waals surface area contributed by atoms with E-state index in [1.807, 2.05) is 0 Å². The molecule has 0 heterocycles. The molecule has 0 aliphatic rings. The van der Waals surface area contributed by atoms with Crippen LogP contribution in [0.5, 0.6) is 0 Å². The van der Waals surface area contributed by atoms with Gasteiger partial charge in [0.1, 0.15) is 13.2 Å². The van der Waals surface area contributed by atoms with E-state index in [1.165, 1.54) is 116 Å². The number of carbonyl (C=O) groups is 3. The summed E-state index contributed by atoms with van der Waals surface area (Å²) in [6.45, 7) is 6.56. The molecule has 0 amide bonds. The van der Waals surface area contributed by atoms with E-state index in [-0.39, 0.29) is 31.1 Å². The number of ether oxygens (including phenoxy) is 3. The number of carbonyl (C=O) groups excluding carboxylic acids is 3. The van der Waals surface area contributed by atoms with Crippen molar-refractivity contribution in [1.29, 1.82) is 0 Å². The highest BCUT2D eigenvalue weighted by Gasteiger charge is 2.19. The topological polar surface area (TPSA) is 78.9 Å². The van der Waals surface area contributed by atoms with Crippen molar-refractivity contribution in [2.24, 2.45) is 0 Å². The van der Waals surface area contributed by atoms with Gasteiger partial charge in [-0.25, -0.2) is 0 Å². The molecule has 0 fully saturated rings. The van der Waals surface area contributed by atoms with Gasteiger partial charge in [0, 0.05) is 19.3 Å². The van der Waals surface area contributed by atoms with Gasteiger partial charge in [0.2, 0.25) is 0 Å². The highest BCUT2D eigenvalue weighted by molar-refractivity contribution is 5.71. The van der Waals surface area contributed by atoms with E-state index in [9.17, 15) is 14.4 Å². The van der Waals surface area contributed by atoms with Crippen LogP contribution in [0, 0.1) is 0 Å². The molecule has 0 aromatic rings. The second-order valence-electron chi connectivity index (χ2n) is 17.2. The quantitative estimate of drug-likeness (QED) is 0.0200. The lowest BCUT2D eigenvalue weighted by molar-refractivity contribution is -0.167. The molecule has 1 atom stereocenters. The van der Waals surface area contributed by atoms with Crippen LogP contribution in [0.1, 0.15) is 252 Å². The molecule has 6 nitrogen and oxygen atoms in total. The van der Waals surface area contributed by atoms with Gasteiger partial charge in [-0.15, -0.1) is 0 Å². The molecule has 0 spiro atoms. The Labute approximate surface area is 377 Å². The summed E-state index contributed by atoms with van der Waals surface area (Å²) >= 11 is 0. The molecule has 352 valence electrons. The summed E-state index contributed by atoms with van der Waals surface area (Å²) < 4.78 is 16.7. The van der Waals surface area contributed by atoms with E-state index in [0.717, 1.165) is 96.3 Å². The fourth-order valence-electron chi connectivity index (χ4n) is 7.15. The van der Waals surface area contributed by atoms with E-state index in [1.54, 1.807) is 0 Å². The molecule has 0 aliphatic carbocycles. The minimum atomic E-state index is -0.785. The lowest BCUT2D eigenvalue weighted by Gasteiger charge is -2.18. The predicted molar refractivity (Wildman–Crippen MR) is 261 cm³/mol. The Kier molecular flexibility index (Phi) is 47.4. The lowest BCUT2D eigenvalue weighted by Crippen LogP contribution is -2.30. The van der Waals surface area contributed by atoms with Gasteiger partial charge in [0.15, 0.2) is 6.10 Å². The van der Waals surface area contributed by atoms with Gasteiger partial charge in [-0.3, -0.25) is 14.4 Å². The number of allylic oxidation sites excluding steroid dienone is 10. The van der Waals surface area contributed by atoms with Crippen LogP contribution in [0.25, 0.3) is 0 Å². The summed E-state index contributed by atoms with van der Waals surface area (Å²) in [5, 5.41) is 0. The van der Waals surface area contributed by atoms with Crippen LogP contribution in [-0.2, 0) is 28.6 Å². The van der Waals surface area contributed by atoms with Gasteiger partial charge >= 0.3 is 17.9 Å². The summed E-state index contributed by atoms with van der Waals surface area (Å²) in [5.41, 5.74) is 0. The minimum absolute atomic E-state index is 0.0841. The average Bonchev–Trinajstić information content (AvgIpc) is 3.26. The minimum Gasteiger partial charge on any atom is -0.462 e. The van der Waals surface area contributed by atoms with Crippen molar-refractivity contribution in [2.45, 2.75) is 258 Å². The zero-order valence-electron chi connectivity index (χ0n) is 40.2. The first-order valence-electron chi connectivity index (χ1n) is 25.8. The van der Waals surface area contributed by atoms with E-state index >= 15 is 0 Å². The van der Waals surface area contributed by atoms with Gasteiger partial charge in [-0.05, 0) is 70.6 Å². The molecule has 6 heteroatoms. The maximum absolute atomic E-state index is 12.8. The number of hydrogen-bond acceptors (Lipinski definition) is 6. The molecule has 0 rings (SSSR count). The molecule has 0 saturated carbocycles. The fraction of sp³-hybridized carbons (Fsp3) is 0.764. The molecule has 0 N–H and O–H groups in total. The van der Waals surface area contributed by atoms with Crippen LogP contribution >= 0.6 is 0 Å². The number of rotatable bonds is 46. The Bertz CT molecular complexity index is 1120. The molecule has 0 aliphatic heterocycles. The smallest absolute Gasteiger partial charge is 0.306 e. The highest BCUT2D eigenvalue weighted by Crippen LogP contribution is 2.14. The average molecular weight is 853 g/mol. The van der Waals surface area contributed by atoms with Crippen molar-refractivity contribution < 1.29 is 28.6 Å². The van der Waals surface area contributed by atoms with Crippen LogP contribution < -0.4 is 0 Å². The molecule has 0 bridgehead atoms. The molecular weight excluding hydrogens is 757 g/mol. The summed E-state index contributed by atoms with van der Waals surface area (Å²) in [7, 11) is 0.